The SMILES string of the molecule is Cn1ncc2c1NC(=O)C[C@@H]2c1ccccc1OCc1ccccc1F. The average molecular weight is 351 g/mol. The van der Waals surface area contributed by atoms with Gasteiger partial charge in [-0.25, -0.2) is 4.39 Å². The molecule has 1 N–H and O–H groups in total. The van der Waals surface area contributed by atoms with E-state index in [0.29, 0.717) is 23.6 Å². The maximum Gasteiger partial charge on any atom is 0.226 e. The second-order valence-electron chi connectivity index (χ2n) is 6.29. The van der Waals surface area contributed by atoms with E-state index in [1.165, 1.54) is 6.07 Å². The molecule has 0 bridgehead atoms. The fraction of sp³-hybridized carbons (Fsp3) is 0.200. The Morgan fingerprint density at radius 2 is 1.96 bits per heavy atom. The van der Waals surface area contributed by atoms with Crippen LogP contribution in [0.2, 0.25) is 0 Å². The van der Waals surface area contributed by atoms with Crippen LogP contribution in [0, 0.1) is 5.82 Å². The molecule has 0 saturated heterocycles. The molecule has 4 rings (SSSR count). The Balaban J connectivity index is 1.66. The minimum absolute atomic E-state index is 0.0602. The van der Waals surface area contributed by atoms with Crippen molar-refractivity contribution in [3.05, 3.63) is 77.2 Å². The number of halogens is 1. The number of benzene rings is 2. The fourth-order valence-corrected chi connectivity index (χ4v) is 3.29. The van der Waals surface area contributed by atoms with Gasteiger partial charge in [-0.3, -0.25) is 9.48 Å². The van der Waals surface area contributed by atoms with Crippen molar-refractivity contribution in [2.75, 3.05) is 5.32 Å². The van der Waals surface area contributed by atoms with Gasteiger partial charge in [0.25, 0.3) is 0 Å². The quantitative estimate of drug-likeness (QED) is 0.781. The zero-order chi connectivity index (χ0) is 18.1. The van der Waals surface area contributed by atoms with E-state index in [9.17, 15) is 9.18 Å². The average Bonchev–Trinajstić information content (AvgIpc) is 3.02. The van der Waals surface area contributed by atoms with Crippen molar-refractivity contribution in [2.24, 2.45) is 7.05 Å². The molecule has 2 aromatic carbocycles. The van der Waals surface area contributed by atoms with Gasteiger partial charge in [0.1, 0.15) is 24.0 Å². The summed E-state index contributed by atoms with van der Waals surface area (Å²) in [6.07, 6.45) is 2.09. The summed E-state index contributed by atoms with van der Waals surface area (Å²) in [4.78, 5) is 12.2. The van der Waals surface area contributed by atoms with Crippen LogP contribution < -0.4 is 10.1 Å². The molecule has 1 atom stereocenters. The van der Waals surface area contributed by atoms with Crippen molar-refractivity contribution >= 4 is 11.7 Å². The first-order chi connectivity index (χ1) is 12.6. The highest BCUT2D eigenvalue weighted by Crippen LogP contribution is 2.40. The summed E-state index contributed by atoms with van der Waals surface area (Å²) in [5.74, 6) is 0.844. The molecule has 1 aromatic heterocycles. The minimum Gasteiger partial charge on any atom is -0.488 e. The number of anilines is 1. The minimum atomic E-state index is -0.295. The largest absolute Gasteiger partial charge is 0.488 e. The molecule has 0 fully saturated rings. The van der Waals surface area contributed by atoms with Crippen molar-refractivity contribution in [1.29, 1.82) is 0 Å². The fourth-order valence-electron chi connectivity index (χ4n) is 3.29. The van der Waals surface area contributed by atoms with Crippen molar-refractivity contribution in [3.63, 3.8) is 0 Å². The van der Waals surface area contributed by atoms with Crippen LogP contribution in [-0.4, -0.2) is 15.7 Å². The molecule has 1 amide bonds. The van der Waals surface area contributed by atoms with E-state index in [-0.39, 0.29) is 24.2 Å². The first-order valence-corrected chi connectivity index (χ1v) is 8.40. The normalized spacial score (nSPS) is 16.1. The van der Waals surface area contributed by atoms with Gasteiger partial charge >= 0.3 is 0 Å². The lowest BCUT2D eigenvalue weighted by atomic mass is 9.87. The monoisotopic (exact) mass is 351 g/mol. The van der Waals surface area contributed by atoms with E-state index in [4.69, 9.17) is 4.74 Å². The number of carbonyl (C=O) groups is 1. The molecule has 0 aliphatic carbocycles. The molecule has 2 heterocycles. The van der Waals surface area contributed by atoms with Crippen LogP contribution in [-0.2, 0) is 18.4 Å². The van der Waals surface area contributed by atoms with Crippen LogP contribution in [0.5, 0.6) is 5.75 Å². The zero-order valence-electron chi connectivity index (χ0n) is 14.3. The van der Waals surface area contributed by atoms with Crippen molar-refractivity contribution in [3.8, 4) is 5.75 Å². The number of rotatable bonds is 4. The number of nitrogens with zero attached hydrogens (tertiary/aromatic N) is 2. The first kappa shape index (κ1) is 16.3. The molecule has 0 spiro atoms. The highest BCUT2D eigenvalue weighted by atomic mass is 19.1. The smallest absolute Gasteiger partial charge is 0.226 e. The molecule has 6 heteroatoms. The Bertz CT molecular complexity index is 967. The summed E-state index contributed by atoms with van der Waals surface area (Å²) in [5.41, 5.74) is 2.34. The third kappa shape index (κ3) is 2.94. The van der Waals surface area contributed by atoms with Crippen molar-refractivity contribution in [1.82, 2.24) is 9.78 Å². The number of aryl methyl sites for hydroxylation is 1. The predicted molar refractivity (Wildman–Crippen MR) is 95.5 cm³/mol. The Labute approximate surface area is 150 Å². The van der Waals surface area contributed by atoms with E-state index in [1.54, 1.807) is 36.1 Å². The summed E-state index contributed by atoms with van der Waals surface area (Å²) in [5, 5.41) is 7.12. The lowest BCUT2D eigenvalue weighted by Gasteiger charge is -2.25. The van der Waals surface area contributed by atoms with Crippen LogP contribution in [0.3, 0.4) is 0 Å². The topological polar surface area (TPSA) is 56.2 Å². The van der Waals surface area contributed by atoms with Gasteiger partial charge in [-0.05, 0) is 12.1 Å². The molecule has 0 unspecified atom stereocenters. The van der Waals surface area contributed by atoms with Gasteiger partial charge in [0.15, 0.2) is 0 Å². The Morgan fingerprint density at radius 3 is 2.81 bits per heavy atom. The Hall–Kier alpha value is -3.15. The summed E-state index contributed by atoms with van der Waals surface area (Å²) in [6, 6.07) is 14.1. The molecule has 1 aliphatic heterocycles. The van der Waals surface area contributed by atoms with Gasteiger partial charge in [0.2, 0.25) is 5.91 Å². The van der Waals surface area contributed by atoms with Crippen LogP contribution in [0.1, 0.15) is 29.0 Å². The molecule has 26 heavy (non-hydrogen) atoms. The van der Waals surface area contributed by atoms with E-state index in [0.717, 1.165) is 11.1 Å². The van der Waals surface area contributed by atoms with Gasteiger partial charge in [-0.1, -0.05) is 36.4 Å². The molecule has 1 aliphatic rings. The third-order valence-corrected chi connectivity index (χ3v) is 4.63. The standard InChI is InChI=1S/C20H18FN3O2/c1-24-20-16(11-22-24)15(10-19(25)23-20)14-7-3-5-9-18(14)26-12-13-6-2-4-8-17(13)21/h2-9,11,15H,10,12H2,1H3,(H,23,25)/t15-/m1/s1. The third-order valence-electron chi connectivity index (χ3n) is 4.63. The van der Waals surface area contributed by atoms with E-state index < -0.39 is 0 Å². The van der Waals surface area contributed by atoms with Crippen molar-refractivity contribution in [2.45, 2.75) is 18.9 Å². The maximum atomic E-state index is 13.9. The number of para-hydroxylation sites is 1. The number of nitrogens with one attached hydrogen (secondary N) is 1. The van der Waals surface area contributed by atoms with Crippen molar-refractivity contribution < 1.29 is 13.9 Å². The van der Waals surface area contributed by atoms with E-state index >= 15 is 0 Å². The molecule has 0 saturated carbocycles. The lowest BCUT2D eigenvalue weighted by molar-refractivity contribution is -0.116. The van der Waals surface area contributed by atoms with Gasteiger partial charge in [0.05, 0.1) is 6.20 Å². The van der Waals surface area contributed by atoms with Crippen LogP contribution in [0.15, 0.2) is 54.7 Å². The summed E-state index contributed by atoms with van der Waals surface area (Å²) in [7, 11) is 1.79. The summed E-state index contributed by atoms with van der Waals surface area (Å²) in [6.45, 7) is 0.127. The Kier molecular flexibility index (Phi) is 4.16. The number of aromatic nitrogens is 2. The predicted octanol–water partition coefficient (Wildman–Crippen LogP) is 3.61. The van der Waals surface area contributed by atoms with Crippen LogP contribution in [0.25, 0.3) is 0 Å². The first-order valence-electron chi connectivity index (χ1n) is 8.40. The van der Waals surface area contributed by atoms with Gasteiger partial charge in [-0.2, -0.15) is 5.10 Å². The number of hydrogen-bond donors (Lipinski definition) is 1. The van der Waals surface area contributed by atoms with E-state index in [2.05, 4.69) is 10.4 Å². The lowest BCUT2D eigenvalue weighted by Crippen LogP contribution is -2.24. The number of amides is 1. The second kappa shape index (κ2) is 6.63. The molecular weight excluding hydrogens is 333 g/mol. The highest BCUT2D eigenvalue weighted by Gasteiger charge is 2.31. The molecule has 0 radical (unpaired) electrons. The number of fused-ring (bicyclic) bond motifs is 1. The highest BCUT2D eigenvalue weighted by molar-refractivity contribution is 5.94. The maximum absolute atomic E-state index is 13.9. The summed E-state index contributed by atoms with van der Waals surface area (Å²) < 4.78 is 21.4. The van der Waals surface area contributed by atoms with Gasteiger partial charge < -0.3 is 10.1 Å². The zero-order valence-corrected chi connectivity index (χ0v) is 14.3. The van der Waals surface area contributed by atoms with Gasteiger partial charge in [0, 0.05) is 36.1 Å². The molecule has 3 aromatic rings. The van der Waals surface area contributed by atoms with Crippen LogP contribution in [0.4, 0.5) is 10.2 Å². The van der Waals surface area contributed by atoms with E-state index in [1.807, 2.05) is 24.3 Å². The Morgan fingerprint density at radius 1 is 1.19 bits per heavy atom. The second-order valence-corrected chi connectivity index (χ2v) is 6.29. The molecular formula is C20H18FN3O2. The van der Waals surface area contributed by atoms with Gasteiger partial charge in [-0.15, -0.1) is 0 Å². The number of hydrogen-bond acceptors (Lipinski definition) is 3. The molecule has 5 nitrogen and oxygen atoms in total. The number of carbonyl (C=O) groups excluding carboxylic acids is 1. The summed E-state index contributed by atoms with van der Waals surface area (Å²) >= 11 is 0. The number of ether oxygens (including phenoxy) is 1. The molecule has 132 valence electrons. The van der Waals surface area contributed by atoms with Crippen LogP contribution >= 0.6 is 0 Å².